The minimum Gasteiger partial charge on any atom is -0.372 e. The molecule has 0 aromatic carbocycles. The molecule has 2 aliphatic rings. The van der Waals surface area contributed by atoms with Crippen molar-refractivity contribution < 1.29 is 14.3 Å². The van der Waals surface area contributed by atoms with Gasteiger partial charge in [-0.05, 0) is 45.2 Å². The van der Waals surface area contributed by atoms with E-state index in [1.54, 1.807) is 12.3 Å². The van der Waals surface area contributed by atoms with E-state index >= 15 is 0 Å². The zero-order valence-corrected chi connectivity index (χ0v) is 14.8. The summed E-state index contributed by atoms with van der Waals surface area (Å²) in [5.74, 6) is 0.474. The van der Waals surface area contributed by atoms with Gasteiger partial charge in [0.2, 0.25) is 5.91 Å². The molecule has 0 aliphatic carbocycles. The average Bonchev–Trinajstić information content (AvgIpc) is 2.79. The molecule has 3 rings (SSSR count). The number of nitrogens with zero attached hydrogens (tertiary/aromatic N) is 2. The van der Waals surface area contributed by atoms with Gasteiger partial charge in [0.1, 0.15) is 11.9 Å². The molecule has 3 heterocycles. The smallest absolute Gasteiger partial charge is 0.253 e. The van der Waals surface area contributed by atoms with Crippen LogP contribution in [0.5, 0.6) is 0 Å². The second-order valence-corrected chi connectivity index (χ2v) is 6.88. The van der Waals surface area contributed by atoms with Gasteiger partial charge < -0.3 is 20.3 Å². The van der Waals surface area contributed by atoms with Crippen LogP contribution in [0.15, 0.2) is 18.3 Å². The van der Waals surface area contributed by atoms with E-state index in [-0.39, 0.29) is 24.0 Å². The third kappa shape index (κ3) is 4.48. The van der Waals surface area contributed by atoms with Gasteiger partial charge in [-0.3, -0.25) is 9.59 Å². The Hall–Kier alpha value is -2.15. The van der Waals surface area contributed by atoms with Crippen LogP contribution in [-0.4, -0.2) is 54.7 Å². The summed E-state index contributed by atoms with van der Waals surface area (Å²) in [5, 5.41) is 5.64. The first-order valence-corrected chi connectivity index (χ1v) is 8.98. The maximum absolute atomic E-state index is 12.4. The van der Waals surface area contributed by atoms with Gasteiger partial charge in [-0.15, -0.1) is 0 Å². The predicted octanol–water partition coefficient (Wildman–Crippen LogP) is 1.09. The van der Waals surface area contributed by atoms with Gasteiger partial charge in [0.15, 0.2) is 0 Å². The third-order valence-electron chi connectivity index (χ3n) is 4.59. The van der Waals surface area contributed by atoms with Crippen molar-refractivity contribution in [3.05, 3.63) is 23.9 Å². The fraction of sp³-hybridized carbons (Fsp3) is 0.611. The Morgan fingerprint density at radius 3 is 2.72 bits per heavy atom. The molecule has 2 fully saturated rings. The Morgan fingerprint density at radius 1 is 1.28 bits per heavy atom. The molecule has 0 bridgehead atoms. The number of ether oxygens (including phenoxy) is 1. The van der Waals surface area contributed by atoms with Crippen molar-refractivity contribution in [2.75, 3.05) is 24.5 Å². The molecule has 7 heteroatoms. The first-order valence-electron chi connectivity index (χ1n) is 8.98. The van der Waals surface area contributed by atoms with Gasteiger partial charge in [-0.2, -0.15) is 0 Å². The maximum atomic E-state index is 12.4. The summed E-state index contributed by atoms with van der Waals surface area (Å²) in [7, 11) is 0. The van der Waals surface area contributed by atoms with Crippen molar-refractivity contribution in [2.45, 2.75) is 51.4 Å². The summed E-state index contributed by atoms with van der Waals surface area (Å²) in [6.45, 7) is 6.33. The molecular formula is C18H26N4O3. The molecule has 3 atom stereocenters. The highest BCUT2D eigenvalue weighted by atomic mass is 16.5. The van der Waals surface area contributed by atoms with Gasteiger partial charge in [0.05, 0.1) is 17.8 Å². The summed E-state index contributed by atoms with van der Waals surface area (Å²) in [6, 6.07) is 3.15. The first kappa shape index (κ1) is 17.7. The predicted molar refractivity (Wildman–Crippen MR) is 94.6 cm³/mol. The van der Waals surface area contributed by atoms with E-state index in [9.17, 15) is 9.59 Å². The second kappa shape index (κ2) is 7.82. The normalized spacial score (nSPS) is 27.4. The Kier molecular flexibility index (Phi) is 5.53. The number of amides is 2. The summed E-state index contributed by atoms with van der Waals surface area (Å²) in [4.78, 5) is 30.9. The lowest BCUT2D eigenvalue weighted by Gasteiger charge is -2.36. The van der Waals surface area contributed by atoms with E-state index in [4.69, 9.17) is 4.74 Å². The molecule has 2 amide bonds. The molecule has 2 N–H and O–H groups in total. The fourth-order valence-corrected chi connectivity index (χ4v) is 3.39. The summed E-state index contributed by atoms with van der Waals surface area (Å²) in [5.41, 5.74) is 0.468. The Morgan fingerprint density at radius 2 is 2.04 bits per heavy atom. The van der Waals surface area contributed by atoms with Crippen molar-refractivity contribution in [1.82, 2.24) is 15.6 Å². The number of rotatable bonds is 3. The van der Waals surface area contributed by atoms with Gasteiger partial charge in [0.25, 0.3) is 5.91 Å². The number of carbonyl (C=O) groups excluding carboxylic acids is 2. The van der Waals surface area contributed by atoms with E-state index in [0.29, 0.717) is 18.5 Å². The summed E-state index contributed by atoms with van der Waals surface area (Å²) < 4.78 is 5.73. The Labute approximate surface area is 148 Å². The number of hydrogen-bond donors (Lipinski definition) is 2. The lowest BCUT2D eigenvalue weighted by atomic mass is 10.1. The highest BCUT2D eigenvalue weighted by Gasteiger charge is 2.25. The minimum atomic E-state index is -0.462. The van der Waals surface area contributed by atoms with Gasteiger partial charge >= 0.3 is 0 Å². The van der Waals surface area contributed by atoms with Crippen molar-refractivity contribution >= 4 is 17.6 Å². The number of morpholine rings is 1. The van der Waals surface area contributed by atoms with E-state index in [0.717, 1.165) is 31.7 Å². The second-order valence-electron chi connectivity index (χ2n) is 6.88. The average molecular weight is 346 g/mol. The molecular weight excluding hydrogens is 320 g/mol. The van der Waals surface area contributed by atoms with Crippen LogP contribution in [0.2, 0.25) is 0 Å². The summed E-state index contributed by atoms with van der Waals surface area (Å²) in [6.07, 6.45) is 4.43. The van der Waals surface area contributed by atoms with Crippen LogP contribution in [-0.2, 0) is 9.53 Å². The molecule has 0 spiro atoms. The standard InChI is InChI=1S/C18H26N4O3/c1-12-10-22(11-13(2)25-12)16-7-6-14(9-20-16)17(23)21-15-5-3-4-8-19-18(15)24/h6-7,9,12-13,15H,3-5,8,10-11H2,1-2H3,(H,19,24)(H,21,23). The number of pyridine rings is 1. The monoisotopic (exact) mass is 346 g/mol. The molecule has 0 radical (unpaired) electrons. The van der Waals surface area contributed by atoms with Crippen molar-refractivity contribution in [3.63, 3.8) is 0 Å². The van der Waals surface area contributed by atoms with Gasteiger partial charge in [-0.1, -0.05) is 0 Å². The van der Waals surface area contributed by atoms with E-state index < -0.39 is 6.04 Å². The van der Waals surface area contributed by atoms with Crippen LogP contribution in [0.3, 0.4) is 0 Å². The van der Waals surface area contributed by atoms with Crippen LogP contribution in [0.1, 0.15) is 43.5 Å². The lowest BCUT2D eigenvalue weighted by Crippen LogP contribution is -2.46. The zero-order chi connectivity index (χ0) is 17.8. The lowest BCUT2D eigenvalue weighted by molar-refractivity contribution is -0.122. The molecule has 25 heavy (non-hydrogen) atoms. The van der Waals surface area contributed by atoms with Crippen molar-refractivity contribution in [1.29, 1.82) is 0 Å². The maximum Gasteiger partial charge on any atom is 0.253 e. The van der Waals surface area contributed by atoms with Gasteiger partial charge in [-0.25, -0.2) is 4.98 Å². The van der Waals surface area contributed by atoms with E-state index in [2.05, 4.69) is 20.5 Å². The van der Waals surface area contributed by atoms with Gasteiger partial charge in [0, 0.05) is 25.8 Å². The Bertz CT molecular complexity index is 609. The molecule has 1 aromatic rings. The molecule has 136 valence electrons. The number of aromatic nitrogens is 1. The van der Waals surface area contributed by atoms with Crippen LogP contribution < -0.4 is 15.5 Å². The van der Waals surface area contributed by atoms with Crippen molar-refractivity contribution in [2.24, 2.45) is 0 Å². The molecule has 3 unspecified atom stereocenters. The molecule has 2 saturated heterocycles. The molecule has 2 aliphatic heterocycles. The summed E-state index contributed by atoms with van der Waals surface area (Å²) >= 11 is 0. The topological polar surface area (TPSA) is 83.6 Å². The molecule has 7 nitrogen and oxygen atoms in total. The van der Waals surface area contributed by atoms with Crippen LogP contribution in [0, 0.1) is 0 Å². The quantitative estimate of drug-likeness (QED) is 0.856. The number of hydrogen-bond acceptors (Lipinski definition) is 5. The number of anilines is 1. The van der Waals surface area contributed by atoms with Crippen LogP contribution in [0.25, 0.3) is 0 Å². The highest BCUT2D eigenvalue weighted by molar-refractivity contribution is 5.97. The SMILES string of the molecule is CC1CN(c2ccc(C(=O)NC3CCCCNC3=O)cn2)CC(C)O1. The highest BCUT2D eigenvalue weighted by Crippen LogP contribution is 2.18. The largest absolute Gasteiger partial charge is 0.372 e. The van der Waals surface area contributed by atoms with Crippen LogP contribution in [0.4, 0.5) is 5.82 Å². The van der Waals surface area contributed by atoms with Crippen LogP contribution >= 0.6 is 0 Å². The minimum absolute atomic E-state index is 0.105. The number of carbonyl (C=O) groups is 2. The molecule has 0 saturated carbocycles. The fourth-order valence-electron chi connectivity index (χ4n) is 3.39. The van der Waals surface area contributed by atoms with E-state index in [1.807, 2.05) is 19.9 Å². The molecule has 1 aromatic heterocycles. The van der Waals surface area contributed by atoms with Crippen molar-refractivity contribution in [3.8, 4) is 0 Å². The number of nitrogens with one attached hydrogen (secondary N) is 2. The van der Waals surface area contributed by atoms with E-state index in [1.165, 1.54) is 0 Å². The Balaban J connectivity index is 1.63. The first-order chi connectivity index (χ1) is 12.0. The zero-order valence-electron chi connectivity index (χ0n) is 14.8. The third-order valence-corrected chi connectivity index (χ3v) is 4.59.